The minimum Gasteiger partial charge on any atom is -0.321 e. The van der Waals surface area contributed by atoms with E-state index in [4.69, 9.17) is 0 Å². The Morgan fingerprint density at radius 2 is 1.87 bits per heavy atom. The van der Waals surface area contributed by atoms with Crippen molar-refractivity contribution in [3.05, 3.63) is 54.0 Å². The first-order valence-electron chi connectivity index (χ1n) is 10.6. The van der Waals surface area contributed by atoms with Gasteiger partial charge in [-0.2, -0.15) is 5.10 Å². The van der Waals surface area contributed by atoms with E-state index in [0.29, 0.717) is 34.7 Å². The lowest BCUT2D eigenvalue weighted by molar-refractivity contribution is 0.101. The van der Waals surface area contributed by atoms with Gasteiger partial charge >= 0.3 is 0 Å². The number of amides is 1. The summed E-state index contributed by atoms with van der Waals surface area (Å²) in [5, 5.41) is 7.91. The highest BCUT2D eigenvalue weighted by atomic mass is 32.2. The molecule has 1 aliphatic carbocycles. The van der Waals surface area contributed by atoms with Crippen LogP contribution >= 0.6 is 0 Å². The first-order chi connectivity index (χ1) is 14.8. The summed E-state index contributed by atoms with van der Waals surface area (Å²) in [6, 6.07) is 10.4. The molecule has 1 heterocycles. The van der Waals surface area contributed by atoms with Crippen molar-refractivity contribution in [1.82, 2.24) is 9.78 Å². The number of anilines is 1. The van der Waals surface area contributed by atoms with Gasteiger partial charge in [0.1, 0.15) is 11.5 Å². The van der Waals surface area contributed by atoms with Gasteiger partial charge in [0.05, 0.1) is 10.4 Å². The van der Waals surface area contributed by atoms with E-state index >= 15 is 0 Å². The zero-order valence-corrected chi connectivity index (χ0v) is 18.3. The fourth-order valence-electron chi connectivity index (χ4n) is 4.26. The van der Waals surface area contributed by atoms with E-state index in [-0.39, 0.29) is 4.90 Å². The molecule has 31 heavy (non-hydrogen) atoms. The van der Waals surface area contributed by atoms with E-state index in [1.165, 1.54) is 49.9 Å². The molecule has 0 spiro atoms. The van der Waals surface area contributed by atoms with Gasteiger partial charge in [0.15, 0.2) is 9.84 Å². The zero-order chi connectivity index (χ0) is 22.0. The van der Waals surface area contributed by atoms with Gasteiger partial charge in [-0.05, 0) is 49.1 Å². The van der Waals surface area contributed by atoms with Crippen LogP contribution in [0.15, 0.2) is 47.4 Å². The van der Waals surface area contributed by atoms with Crippen LogP contribution in [0.4, 0.5) is 10.1 Å². The summed E-state index contributed by atoms with van der Waals surface area (Å²) in [5.74, 6) is -0.380. The van der Waals surface area contributed by atoms with Crippen molar-refractivity contribution >= 4 is 32.3 Å². The quantitative estimate of drug-likeness (QED) is 0.574. The SMILES string of the molecule is CS(=O)(=O)c1cccc(NC(=O)c2c3ccc(F)cc3nn2CC2CCCCCC2)c1. The topological polar surface area (TPSA) is 81.1 Å². The molecule has 2 aromatic carbocycles. The molecule has 1 saturated carbocycles. The van der Waals surface area contributed by atoms with Crippen LogP contribution in [0.1, 0.15) is 49.0 Å². The van der Waals surface area contributed by atoms with Crippen molar-refractivity contribution in [2.24, 2.45) is 5.92 Å². The molecule has 6 nitrogen and oxygen atoms in total. The van der Waals surface area contributed by atoms with E-state index in [1.54, 1.807) is 22.9 Å². The lowest BCUT2D eigenvalue weighted by Gasteiger charge is -2.16. The fraction of sp³-hybridized carbons (Fsp3) is 0.391. The molecule has 164 valence electrons. The maximum Gasteiger partial charge on any atom is 0.274 e. The highest BCUT2D eigenvalue weighted by Gasteiger charge is 2.22. The number of benzene rings is 2. The molecule has 4 rings (SSSR count). The molecular weight excluding hydrogens is 417 g/mol. The molecule has 0 bridgehead atoms. The van der Waals surface area contributed by atoms with E-state index in [0.717, 1.165) is 19.1 Å². The number of aromatic nitrogens is 2. The van der Waals surface area contributed by atoms with Gasteiger partial charge in [-0.25, -0.2) is 12.8 Å². The number of nitrogens with zero attached hydrogens (tertiary/aromatic N) is 2. The Morgan fingerprint density at radius 1 is 1.13 bits per heavy atom. The lowest BCUT2D eigenvalue weighted by Crippen LogP contribution is -2.21. The molecule has 0 atom stereocenters. The summed E-state index contributed by atoms with van der Waals surface area (Å²) in [5.41, 5.74) is 1.18. The van der Waals surface area contributed by atoms with Gasteiger partial charge in [0.2, 0.25) is 0 Å². The van der Waals surface area contributed by atoms with Gasteiger partial charge in [-0.3, -0.25) is 9.48 Å². The zero-order valence-electron chi connectivity index (χ0n) is 17.5. The van der Waals surface area contributed by atoms with E-state index in [9.17, 15) is 17.6 Å². The molecule has 1 N–H and O–H groups in total. The number of sulfone groups is 1. The lowest BCUT2D eigenvalue weighted by atomic mass is 10.0. The first kappa shape index (κ1) is 21.5. The maximum absolute atomic E-state index is 13.8. The number of fused-ring (bicyclic) bond motifs is 1. The molecule has 3 aromatic rings. The van der Waals surface area contributed by atoms with Crippen molar-refractivity contribution in [1.29, 1.82) is 0 Å². The maximum atomic E-state index is 13.8. The van der Waals surface area contributed by atoms with Crippen LogP contribution < -0.4 is 5.32 Å². The van der Waals surface area contributed by atoms with E-state index in [2.05, 4.69) is 10.4 Å². The summed E-state index contributed by atoms with van der Waals surface area (Å²) in [6.45, 7) is 0.600. The Morgan fingerprint density at radius 3 is 2.58 bits per heavy atom. The van der Waals surface area contributed by atoms with E-state index in [1.807, 2.05) is 0 Å². The van der Waals surface area contributed by atoms with Gasteiger partial charge in [-0.1, -0.05) is 31.7 Å². The molecule has 8 heteroatoms. The van der Waals surface area contributed by atoms with Crippen LogP contribution in [0.5, 0.6) is 0 Å². The first-order valence-corrected chi connectivity index (χ1v) is 12.5. The summed E-state index contributed by atoms with van der Waals surface area (Å²) < 4.78 is 39.2. The van der Waals surface area contributed by atoms with E-state index < -0.39 is 21.6 Å². The standard InChI is InChI=1S/C23H26FN3O3S/c1-31(29,30)19-10-6-9-18(14-19)25-23(28)22-20-12-11-17(24)13-21(20)26-27(22)15-16-7-4-2-3-5-8-16/h6,9-14,16H,2-5,7-8,15H2,1H3,(H,25,28). The van der Waals surface area contributed by atoms with Crippen molar-refractivity contribution in [3.63, 3.8) is 0 Å². The second-order valence-corrected chi connectivity index (χ2v) is 10.3. The second-order valence-electron chi connectivity index (χ2n) is 8.30. The summed E-state index contributed by atoms with van der Waals surface area (Å²) in [7, 11) is -3.40. The van der Waals surface area contributed by atoms with Crippen LogP contribution in [-0.4, -0.2) is 30.4 Å². The minimum absolute atomic E-state index is 0.129. The number of carbonyl (C=O) groups is 1. The van der Waals surface area contributed by atoms with Crippen LogP contribution in [0, 0.1) is 11.7 Å². The van der Waals surface area contributed by atoms with Crippen LogP contribution in [0.3, 0.4) is 0 Å². The van der Waals surface area contributed by atoms with Crippen molar-refractivity contribution in [2.75, 3.05) is 11.6 Å². The molecule has 0 radical (unpaired) electrons. The molecule has 0 saturated heterocycles. The number of hydrogen-bond acceptors (Lipinski definition) is 4. The Labute approximate surface area is 181 Å². The fourth-order valence-corrected chi connectivity index (χ4v) is 4.93. The summed E-state index contributed by atoms with van der Waals surface area (Å²) >= 11 is 0. The van der Waals surface area contributed by atoms with Crippen LogP contribution in [0.2, 0.25) is 0 Å². The largest absolute Gasteiger partial charge is 0.321 e. The number of hydrogen-bond donors (Lipinski definition) is 1. The van der Waals surface area contributed by atoms with Gasteiger partial charge in [0, 0.05) is 29.9 Å². The highest BCUT2D eigenvalue weighted by molar-refractivity contribution is 7.90. The number of rotatable bonds is 5. The molecule has 1 aliphatic rings. The van der Waals surface area contributed by atoms with Crippen LogP contribution in [0.25, 0.3) is 10.9 Å². The monoisotopic (exact) mass is 443 g/mol. The van der Waals surface area contributed by atoms with Crippen LogP contribution in [-0.2, 0) is 16.4 Å². The number of nitrogens with one attached hydrogen (secondary N) is 1. The van der Waals surface area contributed by atoms with Crippen molar-refractivity contribution in [3.8, 4) is 0 Å². The Kier molecular flexibility index (Phi) is 6.09. The third-order valence-electron chi connectivity index (χ3n) is 5.84. The third-order valence-corrected chi connectivity index (χ3v) is 6.95. The summed E-state index contributed by atoms with van der Waals surface area (Å²) in [6.07, 6.45) is 8.08. The third kappa shape index (κ3) is 4.95. The van der Waals surface area contributed by atoms with Gasteiger partial charge in [-0.15, -0.1) is 0 Å². The average molecular weight is 444 g/mol. The van der Waals surface area contributed by atoms with Gasteiger partial charge in [0.25, 0.3) is 5.91 Å². The smallest absolute Gasteiger partial charge is 0.274 e. The molecule has 0 unspecified atom stereocenters. The molecule has 1 fully saturated rings. The number of carbonyl (C=O) groups excluding carboxylic acids is 1. The molecule has 1 amide bonds. The summed E-state index contributed by atoms with van der Waals surface area (Å²) in [4.78, 5) is 13.4. The second kappa shape index (κ2) is 8.78. The predicted molar refractivity (Wildman–Crippen MR) is 118 cm³/mol. The molecule has 1 aromatic heterocycles. The predicted octanol–water partition coefficient (Wildman–Crippen LogP) is 4.80. The molecular formula is C23H26FN3O3S. The molecule has 0 aliphatic heterocycles. The van der Waals surface area contributed by atoms with Crippen molar-refractivity contribution in [2.45, 2.75) is 50.0 Å². The Bertz CT molecular complexity index is 1210. The van der Waals surface area contributed by atoms with Crippen molar-refractivity contribution < 1.29 is 17.6 Å². The number of halogens is 1. The highest BCUT2D eigenvalue weighted by Crippen LogP contribution is 2.27. The average Bonchev–Trinajstić information content (AvgIpc) is 2.86. The Hall–Kier alpha value is -2.74. The minimum atomic E-state index is -3.40. The van der Waals surface area contributed by atoms with Gasteiger partial charge < -0.3 is 5.32 Å². The Balaban J connectivity index is 1.68. The normalized spacial score (nSPS) is 15.7.